The zero-order chi connectivity index (χ0) is 28.2. The van der Waals surface area contributed by atoms with Crippen molar-refractivity contribution in [3.05, 3.63) is 0 Å². The van der Waals surface area contributed by atoms with E-state index in [-0.39, 0.29) is 0 Å². The van der Waals surface area contributed by atoms with Crippen LogP contribution in [0.25, 0.3) is 0 Å². The monoisotopic (exact) mass is 592 g/mol. The highest BCUT2D eigenvalue weighted by molar-refractivity contribution is 7.99. The maximum atomic E-state index is 13.9. The second-order valence-corrected chi connectivity index (χ2v) is 10.9. The van der Waals surface area contributed by atoms with Crippen molar-refractivity contribution < 1.29 is 79.1 Å². The standard InChI is InChI=1S/C15H19F15O3SSi/c1-31-35(32-2,33-3)5-4-34-11(22)13(25,26)15(29,30)14(27,28)12(23,24)9(19)7(17)6(16)8(18)10(20)21/h6-11H,4-5H2,1-3H3. The van der Waals surface area contributed by atoms with E-state index in [1.807, 2.05) is 0 Å². The van der Waals surface area contributed by atoms with Gasteiger partial charge < -0.3 is 13.3 Å². The Balaban J connectivity index is 5.83. The summed E-state index contributed by atoms with van der Waals surface area (Å²) in [6, 6.07) is -0.571. The molecule has 0 aliphatic carbocycles. The molecule has 0 N–H and O–H groups in total. The van der Waals surface area contributed by atoms with Crippen LogP contribution in [0, 0.1) is 0 Å². The Kier molecular flexibility index (Phi) is 12.1. The van der Waals surface area contributed by atoms with Gasteiger partial charge in [0, 0.05) is 33.1 Å². The minimum absolute atomic E-state index is 0.571. The Morgan fingerprint density at radius 1 is 0.629 bits per heavy atom. The van der Waals surface area contributed by atoms with E-state index in [1.54, 1.807) is 0 Å². The maximum Gasteiger partial charge on any atom is 0.500 e. The summed E-state index contributed by atoms with van der Waals surface area (Å²) in [6.07, 6.45) is -23.8. The predicted octanol–water partition coefficient (Wildman–Crippen LogP) is 6.05. The Bertz CT molecular complexity index is 647. The first-order valence-corrected chi connectivity index (χ1v) is 11.9. The summed E-state index contributed by atoms with van der Waals surface area (Å²) in [6.45, 7) is 0. The van der Waals surface area contributed by atoms with E-state index in [0.717, 1.165) is 21.3 Å². The Morgan fingerprint density at radius 3 is 1.40 bits per heavy atom. The number of hydrogen-bond donors (Lipinski definition) is 0. The highest BCUT2D eigenvalue weighted by atomic mass is 32.2. The second-order valence-electron chi connectivity index (χ2n) is 6.70. The van der Waals surface area contributed by atoms with Crippen molar-refractivity contribution >= 4 is 20.6 Å². The van der Waals surface area contributed by atoms with Crippen LogP contribution in [0.1, 0.15) is 0 Å². The number of halogens is 15. The number of alkyl halides is 15. The smallest absolute Gasteiger partial charge is 0.377 e. The van der Waals surface area contributed by atoms with Gasteiger partial charge in [0.2, 0.25) is 11.7 Å². The van der Waals surface area contributed by atoms with Crippen LogP contribution < -0.4 is 0 Å². The Morgan fingerprint density at radius 2 is 1.03 bits per heavy atom. The van der Waals surface area contributed by atoms with Crippen molar-refractivity contribution in [3.8, 4) is 0 Å². The fourth-order valence-electron chi connectivity index (χ4n) is 2.36. The quantitative estimate of drug-likeness (QED) is 0.161. The van der Waals surface area contributed by atoms with E-state index in [4.69, 9.17) is 13.3 Å². The van der Waals surface area contributed by atoms with Crippen LogP contribution in [-0.4, -0.2) is 96.2 Å². The summed E-state index contributed by atoms with van der Waals surface area (Å²) < 4.78 is 215. The van der Waals surface area contributed by atoms with Crippen molar-refractivity contribution in [3.63, 3.8) is 0 Å². The van der Waals surface area contributed by atoms with Gasteiger partial charge in [-0.25, -0.2) is 30.7 Å². The van der Waals surface area contributed by atoms with Gasteiger partial charge >= 0.3 is 32.5 Å². The molecule has 0 heterocycles. The Hall–Kier alpha value is -0.603. The van der Waals surface area contributed by atoms with Crippen LogP contribution in [0.3, 0.4) is 0 Å². The highest BCUT2D eigenvalue weighted by Crippen LogP contribution is 2.57. The number of rotatable bonds is 16. The highest BCUT2D eigenvalue weighted by Gasteiger charge is 2.84. The fraction of sp³-hybridized carbons (Fsp3) is 1.00. The van der Waals surface area contributed by atoms with E-state index in [0.29, 0.717) is 0 Å². The third-order valence-corrected chi connectivity index (χ3v) is 8.72. The second kappa shape index (κ2) is 12.3. The fourth-order valence-corrected chi connectivity index (χ4v) is 5.51. The molecule has 5 unspecified atom stereocenters. The van der Waals surface area contributed by atoms with Gasteiger partial charge in [-0.2, -0.15) is 35.1 Å². The van der Waals surface area contributed by atoms with Crippen LogP contribution in [0.2, 0.25) is 6.04 Å². The van der Waals surface area contributed by atoms with Crippen molar-refractivity contribution in [2.45, 2.75) is 66.4 Å². The van der Waals surface area contributed by atoms with Gasteiger partial charge in [-0.15, -0.1) is 11.8 Å². The molecule has 35 heavy (non-hydrogen) atoms. The lowest BCUT2D eigenvalue weighted by Gasteiger charge is -2.39. The molecule has 0 saturated heterocycles. The van der Waals surface area contributed by atoms with E-state index < -0.39 is 92.7 Å². The molecule has 0 aromatic carbocycles. The first-order valence-electron chi connectivity index (χ1n) is 8.92. The predicted molar refractivity (Wildman–Crippen MR) is 94.3 cm³/mol. The van der Waals surface area contributed by atoms with Crippen LogP contribution in [-0.2, 0) is 13.3 Å². The average molecular weight is 592 g/mol. The largest absolute Gasteiger partial charge is 0.500 e. The molecule has 212 valence electrons. The SMILES string of the molecule is CO[Si](CCSC(F)C(F)(F)C(F)(F)C(F)(F)C(F)(F)C(F)C(F)C(F)C(F)C(F)F)(OC)OC. The third kappa shape index (κ3) is 6.64. The molecule has 0 radical (unpaired) electrons. The topological polar surface area (TPSA) is 27.7 Å². The maximum absolute atomic E-state index is 13.9. The van der Waals surface area contributed by atoms with Gasteiger partial charge in [0.1, 0.15) is 0 Å². The zero-order valence-electron chi connectivity index (χ0n) is 17.7. The lowest BCUT2D eigenvalue weighted by Crippen LogP contribution is -2.68. The minimum atomic E-state index is -7.63. The van der Waals surface area contributed by atoms with Crippen molar-refractivity contribution in [2.75, 3.05) is 27.1 Å². The van der Waals surface area contributed by atoms with E-state index in [9.17, 15) is 65.9 Å². The molecule has 0 amide bonds. The van der Waals surface area contributed by atoms with Gasteiger partial charge in [-0.3, -0.25) is 0 Å². The van der Waals surface area contributed by atoms with Crippen LogP contribution in [0.5, 0.6) is 0 Å². The normalized spacial score (nSPS) is 18.9. The summed E-state index contributed by atoms with van der Waals surface area (Å²) in [5.41, 5.74) is -4.36. The molecule has 0 aromatic heterocycles. The molecule has 3 nitrogen and oxygen atoms in total. The van der Waals surface area contributed by atoms with E-state index in [2.05, 4.69) is 0 Å². The molecule has 0 rings (SSSR count). The van der Waals surface area contributed by atoms with Crippen molar-refractivity contribution in [2.24, 2.45) is 0 Å². The van der Waals surface area contributed by atoms with Crippen LogP contribution in [0.4, 0.5) is 65.9 Å². The molecule has 0 aliphatic rings. The zero-order valence-corrected chi connectivity index (χ0v) is 19.5. The first kappa shape index (κ1) is 34.4. The van der Waals surface area contributed by atoms with E-state index in [1.165, 1.54) is 0 Å². The van der Waals surface area contributed by atoms with Crippen LogP contribution in [0.15, 0.2) is 0 Å². The van der Waals surface area contributed by atoms with Crippen molar-refractivity contribution in [1.29, 1.82) is 0 Å². The molecular formula is C15H19F15O3SSi. The minimum Gasteiger partial charge on any atom is -0.377 e. The van der Waals surface area contributed by atoms with Gasteiger partial charge in [-0.05, 0) is 0 Å². The summed E-state index contributed by atoms with van der Waals surface area (Å²) in [7, 11) is -0.604. The third-order valence-electron chi connectivity index (χ3n) is 4.60. The van der Waals surface area contributed by atoms with Gasteiger partial charge in [0.05, 0.1) is 0 Å². The summed E-state index contributed by atoms with van der Waals surface area (Å²) in [4.78, 5) is 0. The van der Waals surface area contributed by atoms with Gasteiger partial charge in [0.25, 0.3) is 6.43 Å². The summed E-state index contributed by atoms with van der Waals surface area (Å²) in [5.74, 6) is -30.0. The number of thioether (sulfide) groups is 1. The number of hydrogen-bond acceptors (Lipinski definition) is 4. The molecule has 0 spiro atoms. The molecule has 5 atom stereocenters. The summed E-state index contributed by atoms with van der Waals surface area (Å²) in [5, 5.41) is 0. The molecular weight excluding hydrogens is 573 g/mol. The molecule has 0 aromatic rings. The van der Waals surface area contributed by atoms with E-state index >= 15 is 0 Å². The molecule has 0 saturated carbocycles. The Labute approximate surface area is 194 Å². The van der Waals surface area contributed by atoms with Gasteiger partial charge in [0.15, 0.2) is 18.5 Å². The molecule has 0 fully saturated rings. The first-order chi connectivity index (χ1) is 15.6. The molecule has 20 heteroatoms. The summed E-state index contributed by atoms with van der Waals surface area (Å²) >= 11 is -0.804. The van der Waals surface area contributed by atoms with Gasteiger partial charge in [-0.1, -0.05) is 0 Å². The van der Waals surface area contributed by atoms with Crippen molar-refractivity contribution in [1.82, 2.24) is 0 Å². The van der Waals surface area contributed by atoms with Crippen LogP contribution >= 0.6 is 11.8 Å². The lowest BCUT2D eigenvalue weighted by molar-refractivity contribution is -0.382. The molecule has 0 aliphatic heterocycles. The lowest BCUT2D eigenvalue weighted by atomic mass is 9.92. The molecule has 0 bridgehead atoms. The average Bonchev–Trinajstić information content (AvgIpc) is 2.79.